The second-order valence-corrected chi connectivity index (χ2v) is 7.00. The second kappa shape index (κ2) is 7.18. The van der Waals surface area contributed by atoms with Crippen molar-refractivity contribution in [3.8, 4) is 11.4 Å². The van der Waals surface area contributed by atoms with Crippen molar-refractivity contribution in [2.24, 2.45) is 5.92 Å². The molecule has 8 heteroatoms. The van der Waals surface area contributed by atoms with Gasteiger partial charge in [-0.25, -0.2) is 0 Å². The smallest absolute Gasteiger partial charge is 0.223 e. The van der Waals surface area contributed by atoms with Crippen molar-refractivity contribution in [2.45, 2.75) is 25.7 Å². The van der Waals surface area contributed by atoms with E-state index in [1.54, 1.807) is 15.9 Å². The van der Waals surface area contributed by atoms with Gasteiger partial charge >= 0.3 is 0 Å². The maximum absolute atomic E-state index is 11.8. The van der Waals surface area contributed by atoms with Gasteiger partial charge in [0.1, 0.15) is 5.82 Å². The van der Waals surface area contributed by atoms with Crippen molar-refractivity contribution in [3.05, 3.63) is 29.0 Å². The number of carbonyl (C=O) groups excluding carboxylic acids is 1. The quantitative estimate of drug-likeness (QED) is 0.636. The molecule has 1 amide bonds. The van der Waals surface area contributed by atoms with Gasteiger partial charge in [-0.05, 0) is 42.8 Å². The molecule has 0 saturated heterocycles. The molecule has 3 aromatic heterocycles. The fourth-order valence-electron chi connectivity index (χ4n) is 2.79. The van der Waals surface area contributed by atoms with Gasteiger partial charge in [-0.2, -0.15) is 15.9 Å². The largest absolute Gasteiger partial charge is 0.369 e. The first-order valence-corrected chi connectivity index (χ1v) is 9.52. The van der Waals surface area contributed by atoms with Crippen LogP contribution in [0.15, 0.2) is 29.0 Å². The highest BCUT2D eigenvalue weighted by Gasteiger charge is 2.24. The zero-order valence-corrected chi connectivity index (χ0v) is 14.6. The number of aromatic nitrogens is 4. The predicted octanol–water partition coefficient (Wildman–Crippen LogP) is 2.57. The number of nitrogens with zero attached hydrogens (tertiary/aromatic N) is 4. The highest BCUT2D eigenvalue weighted by molar-refractivity contribution is 7.08. The van der Waals surface area contributed by atoms with E-state index in [-0.39, 0.29) is 11.8 Å². The molecule has 25 heavy (non-hydrogen) atoms. The van der Waals surface area contributed by atoms with Crippen LogP contribution in [-0.2, 0) is 4.79 Å². The standard InChI is InChI=1S/C17H20N6OS/c24-17(12-3-1-4-12)19-9-2-8-18-14-5-6-15-20-21-16(23(15)22-14)13-7-10-25-11-13/h5-7,10-12H,1-4,8-9H2,(H,18,22)(H,19,24). The number of carbonyl (C=O) groups is 1. The monoisotopic (exact) mass is 356 g/mol. The van der Waals surface area contributed by atoms with Crippen molar-refractivity contribution in [1.29, 1.82) is 0 Å². The summed E-state index contributed by atoms with van der Waals surface area (Å²) in [5.74, 6) is 1.97. The Kier molecular flexibility index (Phi) is 4.60. The van der Waals surface area contributed by atoms with Crippen molar-refractivity contribution >= 4 is 28.7 Å². The first kappa shape index (κ1) is 16.0. The van der Waals surface area contributed by atoms with Crippen molar-refractivity contribution < 1.29 is 4.79 Å². The number of thiophene rings is 1. The topological polar surface area (TPSA) is 84.2 Å². The molecule has 0 bridgehead atoms. The highest BCUT2D eigenvalue weighted by atomic mass is 32.1. The van der Waals surface area contributed by atoms with Crippen LogP contribution in [0.2, 0.25) is 0 Å². The molecular weight excluding hydrogens is 336 g/mol. The third-order valence-electron chi connectivity index (χ3n) is 4.48. The molecule has 0 radical (unpaired) electrons. The summed E-state index contributed by atoms with van der Waals surface area (Å²) < 4.78 is 1.75. The minimum absolute atomic E-state index is 0.204. The number of hydrogen-bond acceptors (Lipinski definition) is 6. The van der Waals surface area contributed by atoms with Gasteiger partial charge in [0.05, 0.1) is 0 Å². The second-order valence-electron chi connectivity index (χ2n) is 6.22. The van der Waals surface area contributed by atoms with Crippen molar-refractivity contribution in [2.75, 3.05) is 18.4 Å². The minimum atomic E-state index is 0.204. The van der Waals surface area contributed by atoms with E-state index < -0.39 is 0 Å². The third kappa shape index (κ3) is 3.48. The summed E-state index contributed by atoms with van der Waals surface area (Å²) in [6.07, 6.45) is 4.13. The Labute approximate surface area is 149 Å². The SMILES string of the molecule is O=C(NCCCNc1ccc2nnc(-c3ccsc3)n2n1)C1CCC1. The van der Waals surface area contributed by atoms with Crippen LogP contribution in [0.3, 0.4) is 0 Å². The van der Waals surface area contributed by atoms with Crippen LogP contribution in [0.1, 0.15) is 25.7 Å². The van der Waals surface area contributed by atoms with Gasteiger partial charge in [-0.15, -0.1) is 15.3 Å². The zero-order valence-electron chi connectivity index (χ0n) is 13.8. The summed E-state index contributed by atoms with van der Waals surface area (Å²) in [6.45, 7) is 1.44. The van der Waals surface area contributed by atoms with E-state index in [0.29, 0.717) is 6.54 Å². The average molecular weight is 356 g/mol. The molecule has 4 rings (SSSR count). The molecule has 3 aromatic rings. The van der Waals surface area contributed by atoms with Gasteiger partial charge in [-0.1, -0.05) is 6.42 Å². The van der Waals surface area contributed by atoms with Gasteiger partial charge in [0.15, 0.2) is 11.5 Å². The van der Waals surface area contributed by atoms with Gasteiger partial charge in [0, 0.05) is 30.0 Å². The summed E-state index contributed by atoms with van der Waals surface area (Å²) in [5, 5.41) is 23.3. The van der Waals surface area contributed by atoms with Gasteiger partial charge in [0.2, 0.25) is 5.91 Å². The van der Waals surface area contributed by atoms with Crippen molar-refractivity contribution in [3.63, 3.8) is 0 Å². The van der Waals surface area contributed by atoms with Crippen LogP contribution in [0.25, 0.3) is 17.0 Å². The molecule has 1 aliphatic carbocycles. The Morgan fingerprint density at radius 3 is 2.92 bits per heavy atom. The molecule has 0 atom stereocenters. The van der Waals surface area contributed by atoms with E-state index in [1.165, 1.54) is 6.42 Å². The lowest BCUT2D eigenvalue weighted by atomic mass is 9.85. The molecule has 0 spiro atoms. The fraction of sp³-hybridized carbons (Fsp3) is 0.412. The average Bonchev–Trinajstić information content (AvgIpc) is 3.21. The first-order chi connectivity index (χ1) is 12.3. The minimum Gasteiger partial charge on any atom is -0.369 e. The van der Waals surface area contributed by atoms with Gasteiger partial charge in [-0.3, -0.25) is 4.79 Å². The Hall–Kier alpha value is -2.48. The van der Waals surface area contributed by atoms with E-state index in [0.717, 1.165) is 48.7 Å². The van der Waals surface area contributed by atoms with Crippen LogP contribution in [-0.4, -0.2) is 38.8 Å². The maximum atomic E-state index is 11.8. The summed E-state index contributed by atoms with van der Waals surface area (Å²) in [6, 6.07) is 5.80. The Bertz CT molecular complexity index is 855. The normalized spacial score (nSPS) is 14.4. The molecule has 0 aliphatic heterocycles. The number of anilines is 1. The molecule has 0 unspecified atom stereocenters. The van der Waals surface area contributed by atoms with E-state index in [1.807, 2.05) is 29.0 Å². The van der Waals surface area contributed by atoms with E-state index in [4.69, 9.17) is 0 Å². The maximum Gasteiger partial charge on any atom is 0.223 e. The van der Waals surface area contributed by atoms with E-state index in [2.05, 4.69) is 25.9 Å². The number of hydrogen-bond donors (Lipinski definition) is 2. The van der Waals surface area contributed by atoms with Crippen LogP contribution in [0.4, 0.5) is 5.82 Å². The summed E-state index contributed by atoms with van der Waals surface area (Å²) in [7, 11) is 0. The van der Waals surface area contributed by atoms with Crippen molar-refractivity contribution in [1.82, 2.24) is 25.1 Å². The predicted molar refractivity (Wildman–Crippen MR) is 97.6 cm³/mol. The van der Waals surface area contributed by atoms with Crippen LogP contribution in [0.5, 0.6) is 0 Å². The molecule has 0 aromatic carbocycles. The van der Waals surface area contributed by atoms with Crippen LogP contribution in [0, 0.1) is 5.92 Å². The lowest BCUT2D eigenvalue weighted by Gasteiger charge is -2.24. The molecule has 1 saturated carbocycles. The van der Waals surface area contributed by atoms with E-state index >= 15 is 0 Å². The Morgan fingerprint density at radius 1 is 1.24 bits per heavy atom. The fourth-order valence-corrected chi connectivity index (χ4v) is 3.42. The number of rotatable bonds is 7. The lowest BCUT2D eigenvalue weighted by Crippen LogP contribution is -2.35. The first-order valence-electron chi connectivity index (χ1n) is 8.58. The Morgan fingerprint density at radius 2 is 2.16 bits per heavy atom. The molecule has 130 valence electrons. The molecular formula is C17H20N6OS. The molecule has 1 fully saturated rings. The molecule has 7 nitrogen and oxygen atoms in total. The number of amides is 1. The zero-order chi connectivity index (χ0) is 17.1. The molecule has 2 N–H and O–H groups in total. The summed E-state index contributed by atoms with van der Waals surface area (Å²) >= 11 is 1.62. The number of fused-ring (bicyclic) bond motifs is 1. The lowest BCUT2D eigenvalue weighted by molar-refractivity contribution is -0.127. The third-order valence-corrected chi connectivity index (χ3v) is 5.16. The molecule has 3 heterocycles. The highest BCUT2D eigenvalue weighted by Crippen LogP contribution is 2.26. The number of nitrogens with one attached hydrogen (secondary N) is 2. The summed E-state index contributed by atoms with van der Waals surface area (Å²) in [4.78, 5) is 11.8. The molecule has 1 aliphatic rings. The summed E-state index contributed by atoms with van der Waals surface area (Å²) in [5.41, 5.74) is 1.74. The van der Waals surface area contributed by atoms with Crippen LogP contribution >= 0.6 is 11.3 Å². The van der Waals surface area contributed by atoms with Gasteiger partial charge < -0.3 is 10.6 Å². The van der Waals surface area contributed by atoms with Crippen LogP contribution < -0.4 is 10.6 Å². The Balaban J connectivity index is 1.32. The van der Waals surface area contributed by atoms with Gasteiger partial charge in [0.25, 0.3) is 0 Å². The van der Waals surface area contributed by atoms with E-state index in [9.17, 15) is 4.79 Å².